The van der Waals surface area contributed by atoms with Crippen molar-refractivity contribution in [3.63, 3.8) is 0 Å². The first-order valence-electron chi connectivity index (χ1n) is 31.4. The highest BCUT2D eigenvalue weighted by molar-refractivity contribution is 7.00. The fourth-order valence-corrected chi connectivity index (χ4v) is 15.8. The zero-order chi connectivity index (χ0) is 60.5. The molecule has 0 bridgehead atoms. The summed E-state index contributed by atoms with van der Waals surface area (Å²) in [6, 6.07) is 69.4. The van der Waals surface area contributed by atoms with E-state index in [-0.39, 0.29) is 44.6 Å². The van der Waals surface area contributed by atoms with Crippen LogP contribution in [0.5, 0.6) is 0 Å². The van der Waals surface area contributed by atoms with Gasteiger partial charge in [0.1, 0.15) is 0 Å². The topological polar surface area (TPSA) is 9.72 Å². The molecule has 9 aromatic carbocycles. The molecule has 2 aliphatic heterocycles. The molecule has 0 atom stereocenters. The van der Waals surface area contributed by atoms with Crippen LogP contribution in [0.4, 0.5) is 51.2 Å². The predicted molar refractivity (Wildman–Crippen MR) is 368 cm³/mol. The van der Waals surface area contributed by atoms with Gasteiger partial charge in [-0.05, 0) is 209 Å². The molecule has 0 amide bonds. The first-order chi connectivity index (χ1) is 39.9. The van der Waals surface area contributed by atoms with Crippen LogP contribution < -0.4 is 31.1 Å². The van der Waals surface area contributed by atoms with Crippen LogP contribution in [0.3, 0.4) is 0 Å². The van der Waals surface area contributed by atoms with Crippen LogP contribution in [0.1, 0.15) is 185 Å². The minimum atomic E-state index is -0.267. The number of fused-ring (bicyclic) bond motifs is 7. The molecule has 0 aromatic heterocycles. The van der Waals surface area contributed by atoms with Crippen molar-refractivity contribution in [2.75, 3.05) is 14.7 Å². The van der Waals surface area contributed by atoms with E-state index in [9.17, 15) is 0 Å². The third-order valence-corrected chi connectivity index (χ3v) is 20.3. The number of rotatable bonds is 6. The van der Waals surface area contributed by atoms with E-state index in [4.69, 9.17) is 0 Å². The fraction of sp³-hybridized carbons (Fsp3) is 0.333. The first kappa shape index (κ1) is 56.6. The summed E-state index contributed by atoms with van der Waals surface area (Å²) in [5.74, 6) is 0. The van der Waals surface area contributed by atoms with Gasteiger partial charge in [-0.2, -0.15) is 0 Å². The smallest absolute Gasteiger partial charge is 0.252 e. The Bertz CT molecular complexity index is 4110. The molecule has 85 heavy (non-hydrogen) atoms. The largest absolute Gasteiger partial charge is 0.311 e. The van der Waals surface area contributed by atoms with Gasteiger partial charge in [0.05, 0.1) is 5.69 Å². The van der Waals surface area contributed by atoms with Crippen molar-refractivity contribution in [1.82, 2.24) is 0 Å². The number of hydrogen-bond acceptors (Lipinski definition) is 3. The molecule has 0 fully saturated rings. The maximum absolute atomic E-state index is 2.73. The lowest BCUT2D eigenvalue weighted by atomic mass is 9.33. The van der Waals surface area contributed by atoms with Crippen LogP contribution in [0, 0.1) is 13.8 Å². The van der Waals surface area contributed by atoms with Crippen LogP contribution in [0.15, 0.2) is 176 Å². The Balaban J connectivity index is 1.16. The van der Waals surface area contributed by atoms with E-state index in [1.54, 1.807) is 0 Å². The van der Waals surface area contributed by atoms with Crippen LogP contribution >= 0.6 is 0 Å². The summed E-state index contributed by atoms with van der Waals surface area (Å²) in [5.41, 5.74) is 31.7. The molecule has 0 spiro atoms. The minimum Gasteiger partial charge on any atom is -0.311 e. The zero-order valence-corrected chi connectivity index (χ0v) is 54.4. The van der Waals surface area contributed by atoms with E-state index in [1.807, 2.05) is 0 Å². The number of hydrogen-bond donors (Lipinski definition) is 0. The number of benzene rings is 9. The van der Waals surface area contributed by atoms with Gasteiger partial charge in [0.25, 0.3) is 6.71 Å². The van der Waals surface area contributed by atoms with Crippen molar-refractivity contribution < 1.29 is 0 Å². The standard InChI is InChI=1S/C81H88BN3/c1-50-41-72-74-73(42-50)85(70-47-63-62(43-51(70)2)78(12,13)49-79(63,14)15)71-48-65-64(80(16,17)60-27-23-24-28-61(60)81(65,18)19)46-67(71)82(74)66-45-58(83(56-34-29-53(30-35-56)75(3,4)5)57-36-31-54(32-37-57)76(6,7)8)38-40-69(66)84(72)68-39-33-55(77(9,10)11)44-59(68)52-25-21-20-22-26-52/h20-48H,49H2,1-19H3. The zero-order valence-electron chi connectivity index (χ0n) is 54.4. The second kappa shape index (κ2) is 19.0. The van der Waals surface area contributed by atoms with E-state index < -0.39 is 0 Å². The van der Waals surface area contributed by atoms with Crippen molar-refractivity contribution >= 4 is 74.3 Å². The molecule has 0 saturated carbocycles. The highest BCUT2D eigenvalue weighted by Crippen LogP contribution is 2.56. The van der Waals surface area contributed by atoms with Gasteiger partial charge in [0.15, 0.2) is 0 Å². The van der Waals surface area contributed by atoms with Crippen molar-refractivity contribution in [2.24, 2.45) is 0 Å². The molecule has 2 heterocycles. The molecule has 0 saturated heterocycles. The summed E-state index contributed by atoms with van der Waals surface area (Å²) >= 11 is 0. The molecule has 0 unspecified atom stereocenters. The van der Waals surface area contributed by atoms with Crippen molar-refractivity contribution in [3.8, 4) is 11.1 Å². The van der Waals surface area contributed by atoms with E-state index in [0.717, 1.165) is 23.5 Å². The Morgan fingerprint density at radius 2 is 0.824 bits per heavy atom. The fourth-order valence-electron chi connectivity index (χ4n) is 15.8. The number of aryl methyl sites for hydroxylation is 2. The summed E-state index contributed by atoms with van der Waals surface area (Å²) < 4.78 is 0. The van der Waals surface area contributed by atoms with E-state index in [1.165, 1.54) is 123 Å². The monoisotopic (exact) mass is 1110 g/mol. The van der Waals surface area contributed by atoms with E-state index in [2.05, 4.69) is 322 Å². The Labute approximate surface area is 510 Å². The van der Waals surface area contributed by atoms with E-state index in [0.29, 0.717) is 0 Å². The van der Waals surface area contributed by atoms with Gasteiger partial charge < -0.3 is 14.7 Å². The van der Waals surface area contributed by atoms with Gasteiger partial charge in [0, 0.05) is 61.9 Å². The van der Waals surface area contributed by atoms with Crippen LogP contribution in [0.25, 0.3) is 11.1 Å². The molecule has 4 aliphatic rings. The van der Waals surface area contributed by atoms with Crippen LogP contribution in [-0.4, -0.2) is 6.71 Å². The number of nitrogens with zero attached hydrogens (tertiary/aromatic N) is 3. The van der Waals surface area contributed by atoms with Gasteiger partial charge in [0.2, 0.25) is 0 Å². The molecular weight excluding hydrogens is 1030 g/mol. The lowest BCUT2D eigenvalue weighted by molar-refractivity contribution is 0.403. The average Bonchev–Trinajstić information content (AvgIpc) is 0.953. The summed E-state index contributed by atoms with van der Waals surface area (Å²) in [5, 5.41) is 0. The lowest BCUT2D eigenvalue weighted by Gasteiger charge is -2.48. The summed E-state index contributed by atoms with van der Waals surface area (Å²) in [6.07, 6.45) is 1.11. The van der Waals surface area contributed by atoms with Crippen molar-refractivity contribution in [1.29, 1.82) is 0 Å². The van der Waals surface area contributed by atoms with Crippen molar-refractivity contribution in [2.45, 2.75) is 176 Å². The molecule has 2 aliphatic carbocycles. The van der Waals surface area contributed by atoms with Crippen LogP contribution in [0.2, 0.25) is 0 Å². The van der Waals surface area contributed by atoms with Crippen molar-refractivity contribution in [3.05, 3.63) is 237 Å². The molecule has 0 N–H and O–H groups in total. The van der Waals surface area contributed by atoms with Gasteiger partial charge in [-0.15, -0.1) is 0 Å². The van der Waals surface area contributed by atoms with Gasteiger partial charge in [-0.3, -0.25) is 0 Å². The Morgan fingerprint density at radius 3 is 1.36 bits per heavy atom. The van der Waals surface area contributed by atoms with E-state index >= 15 is 0 Å². The third kappa shape index (κ3) is 8.96. The summed E-state index contributed by atoms with van der Waals surface area (Å²) in [4.78, 5) is 7.89. The lowest BCUT2D eigenvalue weighted by Crippen LogP contribution is -2.62. The average molecular weight is 1110 g/mol. The van der Waals surface area contributed by atoms with Crippen LogP contribution in [-0.2, 0) is 37.9 Å². The number of anilines is 9. The third-order valence-electron chi connectivity index (χ3n) is 20.3. The van der Waals surface area contributed by atoms with Gasteiger partial charge in [-0.25, -0.2) is 0 Å². The molecule has 9 aromatic rings. The molecule has 4 heteroatoms. The predicted octanol–water partition coefficient (Wildman–Crippen LogP) is 20.3. The Hall–Kier alpha value is -7.56. The molecular formula is C81H88BN3. The second-order valence-electron chi connectivity index (χ2n) is 31.2. The first-order valence-corrected chi connectivity index (χ1v) is 31.4. The SMILES string of the molecule is Cc1cc2c3c(c1)N(c1ccc(C(C)(C)C)cc1-c1ccccc1)c1ccc(N(c4ccc(C(C)(C)C)cc4)c4ccc(C(C)(C)C)cc4)cc1B3c1cc3c(cc1N2c1cc2c(cc1C)C(C)(C)CC2(C)C)C(C)(C)c1ccccc1C3(C)C. The Morgan fingerprint density at radius 1 is 0.376 bits per heavy atom. The molecule has 13 rings (SSSR count). The highest BCUT2D eigenvalue weighted by Gasteiger charge is 2.50. The normalized spacial score (nSPS) is 16.7. The quantitative estimate of drug-likeness (QED) is 0.154. The van der Waals surface area contributed by atoms with Gasteiger partial charge in [-0.1, -0.05) is 215 Å². The molecule has 430 valence electrons. The second-order valence-corrected chi connectivity index (χ2v) is 31.2. The minimum absolute atomic E-state index is 0.00521. The molecule has 3 nitrogen and oxygen atoms in total. The summed E-state index contributed by atoms with van der Waals surface area (Å²) in [7, 11) is 0. The summed E-state index contributed by atoms with van der Waals surface area (Å²) in [6.45, 7) is 45.1. The highest BCUT2D eigenvalue weighted by atomic mass is 15.2. The molecule has 0 radical (unpaired) electrons. The maximum atomic E-state index is 2.73. The maximum Gasteiger partial charge on any atom is 0.252 e. The Kier molecular flexibility index (Phi) is 12.6. The van der Waals surface area contributed by atoms with Gasteiger partial charge >= 0.3 is 0 Å².